The predicted molar refractivity (Wildman–Crippen MR) is 73.9 cm³/mol. The van der Waals surface area contributed by atoms with Crippen LogP contribution in [0.3, 0.4) is 0 Å². The first-order chi connectivity index (χ1) is 9.25. The van der Waals surface area contributed by atoms with Crippen LogP contribution in [0, 0.1) is 0 Å². The van der Waals surface area contributed by atoms with Crippen LogP contribution >= 0.6 is 0 Å². The van der Waals surface area contributed by atoms with E-state index in [4.69, 9.17) is 9.47 Å². The van der Waals surface area contributed by atoms with Crippen molar-refractivity contribution in [3.8, 4) is 11.5 Å². The van der Waals surface area contributed by atoms with Crippen LogP contribution in [-0.2, 0) is 0 Å². The van der Waals surface area contributed by atoms with Crippen molar-refractivity contribution in [3.05, 3.63) is 60.2 Å². The number of rotatable bonds is 6. The van der Waals surface area contributed by atoms with E-state index in [-0.39, 0.29) is 5.78 Å². The fourth-order valence-corrected chi connectivity index (χ4v) is 1.62. The van der Waals surface area contributed by atoms with Gasteiger partial charge in [-0.05, 0) is 43.3 Å². The minimum Gasteiger partial charge on any atom is -0.490 e. The van der Waals surface area contributed by atoms with Crippen molar-refractivity contribution in [3.63, 3.8) is 0 Å². The quantitative estimate of drug-likeness (QED) is 0.587. The molecule has 0 spiro atoms. The van der Waals surface area contributed by atoms with E-state index >= 15 is 0 Å². The minimum atomic E-state index is 0.0546. The largest absolute Gasteiger partial charge is 0.490 e. The minimum absolute atomic E-state index is 0.0546. The molecule has 0 amide bonds. The molecule has 0 bridgehead atoms. The van der Waals surface area contributed by atoms with Crippen molar-refractivity contribution in [2.75, 3.05) is 13.2 Å². The fourth-order valence-electron chi connectivity index (χ4n) is 1.62. The average molecular weight is 256 g/mol. The SMILES string of the molecule is CC(=O)c1ccc(OCCOc2ccccc2)cc1. The number of hydrogen-bond acceptors (Lipinski definition) is 3. The van der Waals surface area contributed by atoms with Crippen LogP contribution in [0.2, 0.25) is 0 Å². The average Bonchev–Trinajstić information content (AvgIpc) is 2.45. The Morgan fingerprint density at radius 1 is 0.842 bits per heavy atom. The first-order valence-electron chi connectivity index (χ1n) is 6.17. The maximum absolute atomic E-state index is 11.1. The van der Waals surface area contributed by atoms with Gasteiger partial charge in [0.2, 0.25) is 0 Å². The summed E-state index contributed by atoms with van der Waals surface area (Å²) in [4.78, 5) is 11.1. The lowest BCUT2D eigenvalue weighted by molar-refractivity contribution is 0.101. The summed E-state index contributed by atoms with van der Waals surface area (Å²) < 4.78 is 11.0. The Morgan fingerprint density at radius 3 is 1.89 bits per heavy atom. The molecule has 0 N–H and O–H groups in total. The van der Waals surface area contributed by atoms with Gasteiger partial charge in [-0.2, -0.15) is 0 Å². The molecule has 2 aromatic rings. The molecule has 0 aliphatic carbocycles. The van der Waals surface area contributed by atoms with Crippen LogP contribution in [0.4, 0.5) is 0 Å². The van der Waals surface area contributed by atoms with Gasteiger partial charge >= 0.3 is 0 Å². The third kappa shape index (κ3) is 4.14. The molecule has 0 saturated heterocycles. The Balaban J connectivity index is 1.75. The lowest BCUT2D eigenvalue weighted by Gasteiger charge is -2.08. The van der Waals surface area contributed by atoms with Gasteiger partial charge in [0.15, 0.2) is 5.78 Å². The van der Waals surface area contributed by atoms with Crippen molar-refractivity contribution in [1.82, 2.24) is 0 Å². The molecule has 98 valence electrons. The summed E-state index contributed by atoms with van der Waals surface area (Å²) in [6.45, 7) is 2.50. The second kappa shape index (κ2) is 6.59. The van der Waals surface area contributed by atoms with Gasteiger partial charge in [0.25, 0.3) is 0 Å². The lowest BCUT2D eigenvalue weighted by Crippen LogP contribution is -2.08. The number of ketones is 1. The van der Waals surface area contributed by atoms with Gasteiger partial charge < -0.3 is 9.47 Å². The highest BCUT2D eigenvalue weighted by Crippen LogP contribution is 2.13. The Labute approximate surface area is 112 Å². The van der Waals surface area contributed by atoms with Crippen molar-refractivity contribution < 1.29 is 14.3 Å². The molecule has 0 unspecified atom stereocenters. The van der Waals surface area contributed by atoms with E-state index in [1.165, 1.54) is 0 Å². The van der Waals surface area contributed by atoms with E-state index < -0.39 is 0 Å². The Bertz CT molecular complexity index is 517. The summed E-state index contributed by atoms with van der Waals surface area (Å²) in [7, 11) is 0. The molecule has 3 heteroatoms. The van der Waals surface area contributed by atoms with E-state index in [2.05, 4.69) is 0 Å². The molecular formula is C16H16O3. The van der Waals surface area contributed by atoms with Crippen LogP contribution in [-0.4, -0.2) is 19.0 Å². The van der Waals surface area contributed by atoms with E-state index in [1.807, 2.05) is 30.3 Å². The monoisotopic (exact) mass is 256 g/mol. The van der Waals surface area contributed by atoms with Gasteiger partial charge in [0.05, 0.1) is 0 Å². The summed E-state index contributed by atoms with van der Waals surface area (Å²) in [5.74, 6) is 1.62. The number of hydrogen-bond donors (Lipinski definition) is 0. The molecule has 0 saturated carbocycles. The zero-order chi connectivity index (χ0) is 13.5. The normalized spacial score (nSPS) is 9.95. The molecule has 0 heterocycles. The van der Waals surface area contributed by atoms with Crippen molar-refractivity contribution in [2.45, 2.75) is 6.92 Å². The topological polar surface area (TPSA) is 35.5 Å². The maximum Gasteiger partial charge on any atom is 0.159 e. The second-order valence-electron chi connectivity index (χ2n) is 4.09. The summed E-state index contributed by atoms with van der Waals surface area (Å²) in [5.41, 5.74) is 0.688. The van der Waals surface area contributed by atoms with Crippen molar-refractivity contribution in [2.24, 2.45) is 0 Å². The Morgan fingerprint density at radius 2 is 1.37 bits per heavy atom. The van der Waals surface area contributed by atoms with Crippen LogP contribution in [0.1, 0.15) is 17.3 Å². The van der Waals surface area contributed by atoms with Gasteiger partial charge in [0, 0.05) is 5.56 Å². The van der Waals surface area contributed by atoms with Gasteiger partial charge in [0.1, 0.15) is 24.7 Å². The Kier molecular flexibility index (Phi) is 4.56. The summed E-state index contributed by atoms with van der Waals surface area (Å²) in [5, 5.41) is 0. The Hall–Kier alpha value is -2.29. The number of benzene rings is 2. The smallest absolute Gasteiger partial charge is 0.159 e. The molecule has 0 radical (unpaired) electrons. The molecular weight excluding hydrogens is 240 g/mol. The van der Waals surface area contributed by atoms with Gasteiger partial charge in [-0.3, -0.25) is 4.79 Å². The lowest BCUT2D eigenvalue weighted by atomic mass is 10.1. The van der Waals surface area contributed by atoms with Crippen LogP contribution in [0.25, 0.3) is 0 Å². The molecule has 0 aliphatic rings. The van der Waals surface area contributed by atoms with E-state index in [0.717, 1.165) is 11.5 Å². The second-order valence-corrected chi connectivity index (χ2v) is 4.09. The fraction of sp³-hybridized carbons (Fsp3) is 0.188. The highest BCUT2D eigenvalue weighted by atomic mass is 16.5. The third-order valence-electron chi connectivity index (χ3n) is 2.62. The molecule has 19 heavy (non-hydrogen) atoms. The van der Waals surface area contributed by atoms with Crippen molar-refractivity contribution in [1.29, 1.82) is 0 Å². The molecule has 3 nitrogen and oxygen atoms in total. The van der Waals surface area contributed by atoms with Crippen molar-refractivity contribution >= 4 is 5.78 Å². The van der Waals surface area contributed by atoms with Crippen LogP contribution < -0.4 is 9.47 Å². The summed E-state index contributed by atoms with van der Waals surface area (Å²) >= 11 is 0. The van der Waals surface area contributed by atoms with E-state index in [0.29, 0.717) is 18.8 Å². The number of carbonyl (C=O) groups excluding carboxylic acids is 1. The molecule has 0 atom stereocenters. The maximum atomic E-state index is 11.1. The number of para-hydroxylation sites is 1. The standard InChI is InChI=1S/C16H16O3/c1-13(17)14-7-9-16(10-8-14)19-12-11-18-15-5-3-2-4-6-15/h2-10H,11-12H2,1H3. The molecule has 2 rings (SSSR count). The van der Waals surface area contributed by atoms with E-state index in [9.17, 15) is 4.79 Å². The first kappa shape index (κ1) is 13.1. The van der Waals surface area contributed by atoms with Crippen LogP contribution in [0.15, 0.2) is 54.6 Å². The molecule has 0 aromatic heterocycles. The van der Waals surface area contributed by atoms with Gasteiger partial charge in [-0.1, -0.05) is 18.2 Å². The molecule has 0 aliphatic heterocycles. The molecule has 0 fully saturated rings. The highest BCUT2D eigenvalue weighted by molar-refractivity contribution is 5.94. The number of ether oxygens (including phenoxy) is 2. The number of Topliss-reactive ketones (excluding diaryl/α,β-unsaturated/α-hetero) is 1. The predicted octanol–water partition coefficient (Wildman–Crippen LogP) is 3.35. The highest BCUT2D eigenvalue weighted by Gasteiger charge is 1.99. The van der Waals surface area contributed by atoms with E-state index in [1.54, 1.807) is 31.2 Å². The first-order valence-corrected chi connectivity index (χ1v) is 6.17. The zero-order valence-electron chi connectivity index (χ0n) is 10.8. The zero-order valence-corrected chi connectivity index (χ0v) is 10.8. The molecule has 2 aromatic carbocycles. The summed E-state index contributed by atoms with van der Waals surface area (Å²) in [6.07, 6.45) is 0. The van der Waals surface area contributed by atoms with Crippen LogP contribution in [0.5, 0.6) is 11.5 Å². The van der Waals surface area contributed by atoms with Gasteiger partial charge in [-0.25, -0.2) is 0 Å². The third-order valence-corrected chi connectivity index (χ3v) is 2.62. The summed E-state index contributed by atoms with van der Waals surface area (Å²) in [6, 6.07) is 16.7. The van der Waals surface area contributed by atoms with Gasteiger partial charge in [-0.15, -0.1) is 0 Å². The number of carbonyl (C=O) groups is 1.